The summed E-state index contributed by atoms with van der Waals surface area (Å²) in [5.41, 5.74) is 1.65. The standard InChI is InChI=1S/C31H28FN3O5S2/c1-3-16-40-23-15-12-21(17-24(23)39-4-2)26-25(27(36)20-10-13-22(32)14-11-20)28(37)29(38)35(26)30-33-34-31(42-30)41-18-19-8-6-5-7-9-19/h5-15,17,26,36H,3-4,16,18H2,1-2H3. The van der Waals surface area contributed by atoms with Gasteiger partial charge in [0, 0.05) is 11.3 Å². The van der Waals surface area contributed by atoms with Crippen LogP contribution in [0.4, 0.5) is 9.52 Å². The van der Waals surface area contributed by atoms with Gasteiger partial charge in [-0.2, -0.15) is 0 Å². The van der Waals surface area contributed by atoms with E-state index in [1.54, 1.807) is 18.2 Å². The number of halogens is 1. The number of Topliss-reactive ketones (excluding diaryl/α,β-unsaturated/α-hetero) is 1. The van der Waals surface area contributed by atoms with Crippen molar-refractivity contribution in [2.45, 2.75) is 36.4 Å². The third-order valence-electron chi connectivity index (χ3n) is 6.41. The van der Waals surface area contributed by atoms with Crippen LogP contribution in [0.15, 0.2) is 82.7 Å². The molecule has 1 aliphatic heterocycles. The molecule has 0 bridgehead atoms. The number of thioether (sulfide) groups is 1. The van der Waals surface area contributed by atoms with Gasteiger partial charge in [-0.15, -0.1) is 10.2 Å². The molecule has 1 N–H and O–H groups in total. The number of aliphatic hydroxyl groups is 1. The van der Waals surface area contributed by atoms with E-state index in [9.17, 15) is 19.1 Å². The number of benzene rings is 3. The van der Waals surface area contributed by atoms with Crippen molar-refractivity contribution >= 4 is 45.7 Å². The highest BCUT2D eigenvalue weighted by molar-refractivity contribution is 8.00. The minimum Gasteiger partial charge on any atom is -0.507 e. The van der Waals surface area contributed by atoms with Gasteiger partial charge < -0.3 is 14.6 Å². The second-order valence-electron chi connectivity index (χ2n) is 9.29. The van der Waals surface area contributed by atoms with Gasteiger partial charge in [-0.05, 0) is 60.9 Å². The first kappa shape index (κ1) is 29.3. The first-order chi connectivity index (χ1) is 20.4. The van der Waals surface area contributed by atoms with Crippen LogP contribution in [0.5, 0.6) is 11.5 Å². The molecule has 0 spiro atoms. The summed E-state index contributed by atoms with van der Waals surface area (Å²) in [6.45, 7) is 4.68. The van der Waals surface area contributed by atoms with Gasteiger partial charge in [-0.3, -0.25) is 14.5 Å². The number of hydrogen-bond acceptors (Lipinski definition) is 9. The third kappa shape index (κ3) is 6.17. The van der Waals surface area contributed by atoms with E-state index in [0.29, 0.717) is 40.4 Å². The Morgan fingerprint density at radius 1 is 1.00 bits per heavy atom. The Morgan fingerprint density at radius 2 is 1.76 bits per heavy atom. The fourth-order valence-electron chi connectivity index (χ4n) is 4.48. The molecule has 11 heteroatoms. The zero-order valence-electron chi connectivity index (χ0n) is 23.0. The Bertz CT molecular complexity index is 1610. The Labute approximate surface area is 250 Å². The SMILES string of the molecule is CCCOc1ccc(C2C(=C(O)c3ccc(F)cc3)C(=O)C(=O)N2c2nnc(SCc3ccccc3)s2)cc1OCC. The highest BCUT2D eigenvalue weighted by Gasteiger charge is 2.48. The topological polar surface area (TPSA) is 102 Å². The second-order valence-corrected chi connectivity index (χ2v) is 11.5. The van der Waals surface area contributed by atoms with Gasteiger partial charge in [-0.1, -0.05) is 66.4 Å². The summed E-state index contributed by atoms with van der Waals surface area (Å²) >= 11 is 2.64. The molecular weight excluding hydrogens is 577 g/mol. The van der Waals surface area contributed by atoms with Gasteiger partial charge in [0.15, 0.2) is 15.8 Å². The van der Waals surface area contributed by atoms with Crippen molar-refractivity contribution in [1.82, 2.24) is 10.2 Å². The normalized spacial score (nSPS) is 16.2. The Kier molecular flexibility index (Phi) is 9.19. The molecule has 1 amide bonds. The number of ketones is 1. The molecule has 216 valence electrons. The van der Waals surface area contributed by atoms with Crippen molar-refractivity contribution in [1.29, 1.82) is 0 Å². The maximum absolute atomic E-state index is 13.6. The minimum atomic E-state index is -1.05. The molecule has 0 radical (unpaired) electrons. The molecule has 1 aromatic heterocycles. The van der Waals surface area contributed by atoms with Crippen molar-refractivity contribution in [2.24, 2.45) is 0 Å². The number of aromatic nitrogens is 2. The summed E-state index contributed by atoms with van der Waals surface area (Å²) in [5, 5.41) is 20.0. The molecule has 1 aliphatic rings. The van der Waals surface area contributed by atoms with E-state index >= 15 is 0 Å². The van der Waals surface area contributed by atoms with Crippen LogP contribution in [-0.4, -0.2) is 40.2 Å². The van der Waals surface area contributed by atoms with Crippen molar-refractivity contribution in [3.8, 4) is 11.5 Å². The van der Waals surface area contributed by atoms with Crippen LogP contribution < -0.4 is 14.4 Å². The fourth-order valence-corrected chi connectivity index (χ4v) is 6.30. The summed E-state index contributed by atoms with van der Waals surface area (Å²) in [7, 11) is 0. The minimum absolute atomic E-state index is 0.148. The summed E-state index contributed by atoms with van der Waals surface area (Å²) < 4.78 is 25.9. The molecule has 3 aromatic carbocycles. The summed E-state index contributed by atoms with van der Waals surface area (Å²) in [5.74, 6) is -1.06. The molecule has 4 aromatic rings. The molecule has 1 unspecified atom stereocenters. The van der Waals surface area contributed by atoms with E-state index in [1.165, 1.54) is 52.3 Å². The Balaban J connectivity index is 1.58. The van der Waals surface area contributed by atoms with E-state index in [2.05, 4.69) is 10.2 Å². The molecule has 5 rings (SSSR count). The third-order valence-corrected chi connectivity index (χ3v) is 8.54. The lowest BCUT2D eigenvalue weighted by atomic mass is 9.95. The number of nitrogens with zero attached hydrogens (tertiary/aromatic N) is 3. The zero-order valence-corrected chi connectivity index (χ0v) is 24.6. The van der Waals surface area contributed by atoms with Gasteiger partial charge in [0.25, 0.3) is 5.78 Å². The van der Waals surface area contributed by atoms with Gasteiger partial charge in [0.05, 0.1) is 24.8 Å². The van der Waals surface area contributed by atoms with Crippen molar-refractivity contribution in [3.05, 3.63) is 101 Å². The van der Waals surface area contributed by atoms with E-state index in [-0.39, 0.29) is 16.3 Å². The maximum Gasteiger partial charge on any atom is 0.301 e. The number of anilines is 1. The van der Waals surface area contributed by atoms with Gasteiger partial charge in [-0.25, -0.2) is 4.39 Å². The zero-order chi connectivity index (χ0) is 29.6. The number of amides is 1. The number of ether oxygens (including phenoxy) is 2. The van der Waals surface area contributed by atoms with Crippen molar-refractivity contribution < 1.29 is 28.6 Å². The second kappa shape index (κ2) is 13.2. The number of carbonyl (C=O) groups excluding carboxylic acids is 2. The lowest BCUT2D eigenvalue weighted by molar-refractivity contribution is -0.132. The molecular formula is C31H28FN3O5S2. The summed E-state index contributed by atoms with van der Waals surface area (Å²) in [6, 6.07) is 19.0. The van der Waals surface area contributed by atoms with Crippen LogP contribution in [0, 0.1) is 5.82 Å². The lowest BCUT2D eigenvalue weighted by Crippen LogP contribution is -2.29. The molecule has 0 saturated carbocycles. The van der Waals surface area contributed by atoms with Crippen LogP contribution in [0.2, 0.25) is 0 Å². The van der Waals surface area contributed by atoms with Gasteiger partial charge in [0.1, 0.15) is 11.6 Å². The summed E-state index contributed by atoms with van der Waals surface area (Å²) in [6.07, 6.45) is 0.798. The lowest BCUT2D eigenvalue weighted by Gasteiger charge is -2.23. The molecule has 1 fully saturated rings. The molecule has 2 heterocycles. The smallest absolute Gasteiger partial charge is 0.301 e. The Hall–Kier alpha value is -4.22. The highest BCUT2D eigenvalue weighted by atomic mass is 32.2. The summed E-state index contributed by atoms with van der Waals surface area (Å²) in [4.78, 5) is 28.3. The predicted molar refractivity (Wildman–Crippen MR) is 160 cm³/mol. The fraction of sp³-hybridized carbons (Fsp3) is 0.226. The number of rotatable bonds is 11. The van der Waals surface area contributed by atoms with Gasteiger partial charge >= 0.3 is 5.91 Å². The van der Waals surface area contributed by atoms with E-state index in [4.69, 9.17) is 9.47 Å². The molecule has 42 heavy (non-hydrogen) atoms. The maximum atomic E-state index is 13.6. The largest absolute Gasteiger partial charge is 0.507 e. The quantitative estimate of drug-likeness (QED) is 0.0656. The first-order valence-corrected chi connectivity index (χ1v) is 15.2. The van der Waals surface area contributed by atoms with Crippen molar-refractivity contribution in [2.75, 3.05) is 18.1 Å². The number of carbonyl (C=O) groups is 2. The van der Waals surface area contributed by atoms with E-state index in [1.807, 2.05) is 44.2 Å². The molecule has 0 aliphatic carbocycles. The first-order valence-electron chi connectivity index (χ1n) is 13.4. The van der Waals surface area contributed by atoms with Crippen LogP contribution in [0.3, 0.4) is 0 Å². The van der Waals surface area contributed by atoms with Crippen LogP contribution in [0.1, 0.15) is 43.0 Å². The number of hydrogen-bond donors (Lipinski definition) is 1. The van der Waals surface area contributed by atoms with Crippen LogP contribution in [0.25, 0.3) is 5.76 Å². The van der Waals surface area contributed by atoms with Crippen LogP contribution in [-0.2, 0) is 15.3 Å². The highest BCUT2D eigenvalue weighted by Crippen LogP contribution is 2.45. The average molecular weight is 606 g/mol. The molecule has 8 nitrogen and oxygen atoms in total. The van der Waals surface area contributed by atoms with Crippen molar-refractivity contribution in [3.63, 3.8) is 0 Å². The monoisotopic (exact) mass is 605 g/mol. The van der Waals surface area contributed by atoms with Gasteiger partial charge in [0.2, 0.25) is 5.13 Å². The predicted octanol–water partition coefficient (Wildman–Crippen LogP) is 6.78. The van der Waals surface area contributed by atoms with Crippen LogP contribution >= 0.6 is 23.1 Å². The average Bonchev–Trinajstić information content (AvgIpc) is 3.58. The van der Waals surface area contributed by atoms with E-state index < -0.39 is 29.3 Å². The molecule has 1 saturated heterocycles. The number of aliphatic hydroxyl groups excluding tert-OH is 1. The molecule has 1 atom stereocenters. The Morgan fingerprint density at radius 3 is 2.48 bits per heavy atom. The van der Waals surface area contributed by atoms with E-state index in [0.717, 1.165) is 12.0 Å².